The summed E-state index contributed by atoms with van der Waals surface area (Å²) in [5.74, 6) is -4.24. The molecule has 0 amide bonds. The minimum atomic E-state index is -4.45. The predicted octanol–water partition coefficient (Wildman–Crippen LogP) is 3.66. The molecule has 32 heavy (non-hydrogen) atoms. The van der Waals surface area contributed by atoms with Gasteiger partial charge in [-0.2, -0.15) is 0 Å². The summed E-state index contributed by atoms with van der Waals surface area (Å²) in [7, 11) is -4.45. The zero-order chi connectivity index (χ0) is 23.2. The molecule has 4 rings (SSSR count). The van der Waals surface area contributed by atoms with Crippen LogP contribution >= 0.6 is 0 Å². The second-order valence-electron chi connectivity index (χ2n) is 6.70. The van der Waals surface area contributed by atoms with Gasteiger partial charge in [-0.1, -0.05) is 0 Å². The van der Waals surface area contributed by atoms with Crippen molar-refractivity contribution in [3.8, 4) is 28.6 Å². The Morgan fingerprint density at radius 2 is 1.62 bits per heavy atom. The molecule has 0 aliphatic heterocycles. The minimum absolute atomic E-state index is 0.0220. The Labute approximate surface area is 178 Å². The molecule has 0 aliphatic carbocycles. The van der Waals surface area contributed by atoms with Crippen molar-refractivity contribution in [2.75, 3.05) is 4.72 Å². The Morgan fingerprint density at radius 1 is 0.875 bits per heavy atom. The van der Waals surface area contributed by atoms with E-state index in [1.165, 1.54) is 18.2 Å². The molecule has 4 N–H and O–H groups in total. The van der Waals surface area contributed by atoms with Crippen LogP contribution < -0.4 is 10.2 Å². The Kier molecular flexibility index (Phi) is 4.97. The van der Waals surface area contributed by atoms with Crippen LogP contribution in [0.25, 0.3) is 22.3 Å². The number of halogens is 2. The van der Waals surface area contributed by atoms with E-state index in [2.05, 4.69) is 4.72 Å². The second kappa shape index (κ2) is 7.54. The molecule has 0 atom stereocenters. The lowest BCUT2D eigenvalue weighted by molar-refractivity contribution is 0.403. The molecule has 4 aromatic rings. The van der Waals surface area contributed by atoms with Gasteiger partial charge in [0.05, 0.1) is 5.39 Å². The van der Waals surface area contributed by atoms with Crippen LogP contribution in [0.4, 0.5) is 14.5 Å². The maximum Gasteiger partial charge on any atom is 0.264 e. The van der Waals surface area contributed by atoms with E-state index in [9.17, 15) is 37.3 Å². The first-order valence-electron chi connectivity index (χ1n) is 8.87. The lowest BCUT2D eigenvalue weighted by atomic mass is 10.1. The van der Waals surface area contributed by atoms with Crippen LogP contribution in [0, 0.1) is 11.6 Å². The van der Waals surface area contributed by atoms with Crippen molar-refractivity contribution in [1.29, 1.82) is 0 Å². The van der Waals surface area contributed by atoms with Crippen LogP contribution in [0.2, 0.25) is 0 Å². The van der Waals surface area contributed by atoms with Gasteiger partial charge in [-0.05, 0) is 48.5 Å². The number of hydrogen-bond acceptors (Lipinski definition) is 7. The largest absolute Gasteiger partial charge is 0.504 e. The van der Waals surface area contributed by atoms with E-state index in [1.54, 1.807) is 0 Å². The van der Waals surface area contributed by atoms with E-state index < -0.39 is 49.2 Å². The molecule has 1 aromatic heterocycles. The quantitative estimate of drug-likeness (QED) is 0.341. The van der Waals surface area contributed by atoms with Gasteiger partial charge in [-0.3, -0.25) is 9.52 Å². The van der Waals surface area contributed by atoms with Crippen LogP contribution in [0.3, 0.4) is 0 Å². The fraction of sp³-hybridized carbons (Fsp3) is 0. The third-order valence-corrected chi connectivity index (χ3v) is 5.95. The summed E-state index contributed by atoms with van der Waals surface area (Å²) in [6, 6.07) is 9.06. The van der Waals surface area contributed by atoms with Gasteiger partial charge >= 0.3 is 0 Å². The molecule has 0 spiro atoms. The van der Waals surface area contributed by atoms with Gasteiger partial charge in [-0.15, -0.1) is 0 Å². The first-order chi connectivity index (χ1) is 15.1. The summed E-state index contributed by atoms with van der Waals surface area (Å²) in [6.45, 7) is 0. The van der Waals surface area contributed by atoms with Gasteiger partial charge < -0.3 is 19.7 Å². The highest BCUT2D eigenvalue weighted by molar-refractivity contribution is 7.92. The van der Waals surface area contributed by atoms with Crippen molar-refractivity contribution < 1.29 is 36.9 Å². The minimum Gasteiger partial charge on any atom is -0.504 e. The van der Waals surface area contributed by atoms with Gasteiger partial charge in [0.25, 0.3) is 10.0 Å². The number of aromatic hydroxyl groups is 3. The topological polar surface area (TPSA) is 137 Å². The first-order valence-corrected chi connectivity index (χ1v) is 10.4. The average Bonchev–Trinajstić information content (AvgIpc) is 2.72. The zero-order valence-corrected chi connectivity index (χ0v) is 16.7. The van der Waals surface area contributed by atoms with Crippen LogP contribution in [-0.4, -0.2) is 23.7 Å². The Bertz CT molecular complexity index is 1550. The molecule has 1 heterocycles. The highest BCUT2D eigenvalue weighted by Crippen LogP contribution is 2.35. The van der Waals surface area contributed by atoms with Crippen molar-refractivity contribution in [2.45, 2.75) is 4.90 Å². The van der Waals surface area contributed by atoms with E-state index in [0.29, 0.717) is 6.07 Å². The molecule has 11 heteroatoms. The van der Waals surface area contributed by atoms with Crippen molar-refractivity contribution in [3.05, 3.63) is 76.5 Å². The highest BCUT2D eigenvalue weighted by atomic mass is 32.2. The molecule has 8 nitrogen and oxygen atoms in total. The number of phenolic OH excluding ortho intramolecular Hbond substituents is 2. The zero-order valence-electron chi connectivity index (χ0n) is 15.8. The third-order valence-electron chi connectivity index (χ3n) is 4.54. The Morgan fingerprint density at radius 3 is 2.31 bits per heavy atom. The SMILES string of the molecule is O=c1c(O)c(-c2ccc(O)c(O)c2)oc2ccc(NS(=O)(=O)c3ccc(F)cc3F)cc12. The molecule has 164 valence electrons. The second-order valence-corrected chi connectivity index (χ2v) is 8.35. The number of rotatable bonds is 4. The molecule has 0 aliphatic rings. The summed E-state index contributed by atoms with van der Waals surface area (Å²) in [4.78, 5) is 11.9. The molecule has 0 saturated carbocycles. The van der Waals surface area contributed by atoms with Gasteiger partial charge in [-0.25, -0.2) is 17.2 Å². The molecule has 0 saturated heterocycles. The van der Waals surface area contributed by atoms with Crippen LogP contribution in [0.5, 0.6) is 17.2 Å². The summed E-state index contributed by atoms with van der Waals surface area (Å²) in [5.41, 5.74) is -0.953. The van der Waals surface area contributed by atoms with Gasteiger partial charge in [0.15, 0.2) is 17.3 Å². The third kappa shape index (κ3) is 3.69. The summed E-state index contributed by atoms with van der Waals surface area (Å²) < 4.78 is 59.5. The van der Waals surface area contributed by atoms with Crippen LogP contribution in [0.15, 0.2) is 68.7 Å². The monoisotopic (exact) mass is 461 g/mol. The fourth-order valence-corrected chi connectivity index (χ4v) is 4.12. The highest BCUT2D eigenvalue weighted by Gasteiger charge is 2.21. The van der Waals surface area contributed by atoms with Gasteiger partial charge in [0.1, 0.15) is 22.1 Å². The summed E-state index contributed by atoms with van der Waals surface area (Å²) in [6.07, 6.45) is 0. The van der Waals surface area contributed by atoms with E-state index >= 15 is 0 Å². The lowest BCUT2D eigenvalue weighted by Crippen LogP contribution is -2.15. The maximum absolute atomic E-state index is 13.9. The number of fused-ring (bicyclic) bond motifs is 1. The molecule has 3 aromatic carbocycles. The molecule has 0 bridgehead atoms. The predicted molar refractivity (Wildman–Crippen MR) is 110 cm³/mol. The number of hydrogen-bond donors (Lipinski definition) is 4. The van der Waals surface area contributed by atoms with Crippen molar-refractivity contribution in [1.82, 2.24) is 0 Å². The van der Waals surface area contributed by atoms with Crippen molar-refractivity contribution in [3.63, 3.8) is 0 Å². The van der Waals surface area contributed by atoms with E-state index in [1.807, 2.05) is 0 Å². The van der Waals surface area contributed by atoms with Crippen molar-refractivity contribution in [2.24, 2.45) is 0 Å². The Hall–Kier alpha value is -4.12. The van der Waals surface area contributed by atoms with Gasteiger partial charge in [0, 0.05) is 17.3 Å². The van der Waals surface area contributed by atoms with E-state index in [-0.39, 0.29) is 28.0 Å². The fourth-order valence-electron chi connectivity index (χ4n) is 3.01. The molecule has 0 unspecified atom stereocenters. The molecular formula is C21H13F2NO7S. The van der Waals surface area contributed by atoms with E-state index in [0.717, 1.165) is 30.3 Å². The summed E-state index contributed by atoms with van der Waals surface area (Å²) >= 11 is 0. The number of nitrogens with one attached hydrogen (secondary N) is 1. The maximum atomic E-state index is 13.9. The number of anilines is 1. The standard InChI is InChI=1S/C21H13F2NO7S/c22-11-2-6-18(14(23)8-11)32(29,30)24-12-3-5-17-13(9-12)19(27)20(28)21(31-17)10-1-4-15(25)16(26)7-10/h1-9,24-26,28H. The van der Waals surface area contributed by atoms with Crippen molar-refractivity contribution >= 4 is 26.7 Å². The smallest absolute Gasteiger partial charge is 0.264 e. The normalized spacial score (nSPS) is 11.6. The molecular weight excluding hydrogens is 448 g/mol. The molecule has 0 radical (unpaired) electrons. The van der Waals surface area contributed by atoms with Crippen LogP contribution in [-0.2, 0) is 10.0 Å². The number of benzene rings is 3. The Balaban J connectivity index is 1.77. The first kappa shape index (κ1) is 21.1. The summed E-state index contributed by atoms with van der Waals surface area (Å²) in [5, 5.41) is 29.2. The average molecular weight is 461 g/mol. The lowest BCUT2D eigenvalue weighted by Gasteiger charge is -2.11. The number of phenols is 2. The van der Waals surface area contributed by atoms with Gasteiger partial charge in [0.2, 0.25) is 11.2 Å². The van der Waals surface area contributed by atoms with Crippen LogP contribution in [0.1, 0.15) is 0 Å². The van der Waals surface area contributed by atoms with E-state index in [4.69, 9.17) is 4.42 Å². The number of sulfonamides is 1. The molecule has 0 fully saturated rings.